The van der Waals surface area contributed by atoms with E-state index in [0.29, 0.717) is 11.3 Å². The molecule has 6 nitrogen and oxygen atoms in total. The van der Waals surface area contributed by atoms with E-state index in [4.69, 9.17) is 0 Å². The molecule has 28 heavy (non-hydrogen) atoms. The highest BCUT2D eigenvalue weighted by molar-refractivity contribution is 7.17. The molecule has 0 aliphatic heterocycles. The Bertz CT molecular complexity index is 1190. The van der Waals surface area contributed by atoms with Crippen LogP contribution in [0.5, 0.6) is 0 Å². The molecule has 7 heteroatoms. The lowest BCUT2D eigenvalue weighted by molar-refractivity contribution is -0.122. The minimum atomic E-state index is -0.249. The van der Waals surface area contributed by atoms with E-state index in [9.17, 15) is 9.59 Å². The summed E-state index contributed by atoms with van der Waals surface area (Å²) in [6, 6.07) is 14.1. The van der Waals surface area contributed by atoms with E-state index in [1.807, 2.05) is 54.0 Å². The summed E-state index contributed by atoms with van der Waals surface area (Å²) in [5.74, 6) is 0.486. The highest BCUT2D eigenvalue weighted by atomic mass is 32.1. The second kappa shape index (κ2) is 7.59. The first-order valence-electron chi connectivity index (χ1n) is 9.32. The molecule has 3 aromatic heterocycles. The van der Waals surface area contributed by atoms with Crippen molar-refractivity contribution in [3.05, 3.63) is 69.6 Å². The third kappa shape index (κ3) is 3.57. The molecule has 0 bridgehead atoms. The number of carbonyl (C=O) groups is 1. The van der Waals surface area contributed by atoms with E-state index in [0.717, 1.165) is 23.1 Å². The quantitative estimate of drug-likeness (QED) is 0.546. The molecule has 0 aliphatic rings. The molecule has 0 saturated heterocycles. The Balaban J connectivity index is 1.46. The van der Waals surface area contributed by atoms with E-state index >= 15 is 0 Å². The highest BCUT2D eigenvalue weighted by Crippen LogP contribution is 2.24. The van der Waals surface area contributed by atoms with E-state index in [1.54, 1.807) is 11.3 Å². The van der Waals surface area contributed by atoms with Gasteiger partial charge in [0.25, 0.3) is 5.56 Å². The Morgan fingerprint density at radius 3 is 2.79 bits per heavy atom. The number of hydrogen-bond acceptors (Lipinski definition) is 4. The summed E-state index contributed by atoms with van der Waals surface area (Å²) >= 11 is 1.59. The average Bonchev–Trinajstić information content (AvgIpc) is 3.26. The van der Waals surface area contributed by atoms with Crippen LogP contribution in [0.4, 0.5) is 0 Å². The Morgan fingerprint density at radius 2 is 2.00 bits per heavy atom. The summed E-state index contributed by atoms with van der Waals surface area (Å²) in [5.41, 5.74) is 2.53. The molecule has 0 spiro atoms. The lowest BCUT2D eigenvalue weighted by atomic mass is 10.1. The number of carbonyl (C=O) groups excluding carboxylic acids is 1. The largest absolute Gasteiger partial charge is 0.352 e. The first-order valence-corrected chi connectivity index (χ1v) is 10.2. The Morgan fingerprint density at radius 1 is 1.21 bits per heavy atom. The molecule has 0 fully saturated rings. The average molecular weight is 395 g/mol. The number of aromatic nitrogens is 3. The fraction of sp³-hybridized carbons (Fsp3) is 0.286. The highest BCUT2D eigenvalue weighted by Gasteiger charge is 2.15. The van der Waals surface area contributed by atoms with Gasteiger partial charge in [-0.15, -0.1) is 11.3 Å². The van der Waals surface area contributed by atoms with Crippen molar-refractivity contribution in [3.8, 4) is 0 Å². The summed E-state index contributed by atoms with van der Waals surface area (Å²) in [4.78, 5) is 25.2. The monoisotopic (exact) mass is 394 g/mol. The zero-order chi connectivity index (χ0) is 19.7. The van der Waals surface area contributed by atoms with Gasteiger partial charge in [0, 0.05) is 6.04 Å². The molecule has 4 aromatic rings. The fourth-order valence-corrected chi connectivity index (χ4v) is 4.30. The van der Waals surface area contributed by atoms with Crippen LogP contribution in [0.1, 0.15) is 24.7 Å². The van der Waals surface area contributed by atoms with Crippen LogP contribution < -0.4 is 10.9 Å². The van der Waals surface area contributed by atoms with Gasteiger partial charge in [-0.2, -0.15) is 5.10 Å². The second-order valence-electron chi connectivity index (χ2n) is 7.04. The Labute approximate surface area is 166 Å². The number of amides is 1. The number of aryl methyl sites for hydroxylation is 2. The number of fused-ring (bicyclic) bond motifs is 3. The van der Waals surface area contributed by atoms with E-state index in [-0.39, 0.29) is 24.1 Å². The molecule has 4 rings (SSSR count). The SMILES string of the molecule is Cc1nn(CC(=O)N[C@@H](C)CCc2ccccc2)c(=O)c2cc3sccc3n12. The molecule has 1 N–H and O–H groups in total. The second-order valence-corrected chi connectivity index (χ2v) is 7.99. The Kier molecular flexibility index (Phi) is 5.00. The predicted molar refractivity (Wildman–Crippen MR) is 112 cm³/mol. The normalized spacial score (nSPS) is 12.5. The molecule has 1 atom stereocenters. The predicted octanol–water partition coefficient (Wildman–Crippen LogP) is 3.16. The molecule has 3 heterocycles. The van der Waals surface area contributed by atoms with Crippen molar-refractivity contribution in [3.63, 3.8) is 0 Å². The summed E-state index contributed by atoms with van der Waals surface area (Å²) in [5, 5.41) is 9.32. The minimum absolute atomic E-state index is 0.0203. The van der Waals surface area contributed by atoms with Gasteiger partial charge in [-0.3, -0.25) is 14.0 Å². The number of nitrogens with one attached hydrogen (secondary N) is 1. The molecule has 0 radical (unpaired) electrons. The van der Waals surface area contributed by atoms with Crippen molar-refractivity contribution >= 4 is 33.0 Å². The number of nitrogens with zero attached hydrogens (tertiary/aromatic N) is 3. The van der Waals surface area contributed by atoms with Crippen molar-refractivity contribution in [1.82, 2.24) is 19.5 Å². The van der Waals surface area contributed by atoms with Crippen LogP contribution in [0.3, 0.4) is 0 Å². The molecule has 0 saturated carbocycles. The van der Waals surface area contributed by atoms with Gasteiger partial charge in [0.05, 0.1) is 10.2 Å². The van der Waals surface area contributed by atoms with Crippen LogP contribution in [0.15, 0.2) is 52.6 Å². The van der Waals surface area contributed by atoms with Crippen molar-refractivity contribution in [1.29, 1.82) is 0 Å². The van der Waals surface area contributed by atoms with Crippen LogP contribution in [0.2, 0.25) is 0 Å². The summed E-state index contributed by atoms with van der Waals surface area (Å²) < 4.78 is 4.15. The van der Waals surface area contributed by atoms with Crippen LogP contribution in [0, 0.1) is 6.92 Å². The Hall–Kier alpha value is -2.93. The van der Waals surface area contributed by atoms with Crippen LogP contribution in [-0.2, 0) is 17.8 Å². The van der Waals surface area contributed by atoms with Gasteiger partial charge in [-0.05, 0) is 49.8 Å². The van der Waals surface area contributed by atoms with E-state index < -0.39 is 0 Å². The van der Waals surface area contributed by atoms with Gasteiger partial charge in [-0.1, -0.05) is 30.3 Å². The van der Waals surface area contributed by atoms with E-state index in [1.165, 1.54) is 10.2 Å². The number of benzene rings is 1. The van der Waals surface area contributed by atoms with Crippen molar-refractivity contribution in [2.24, 2.45) is 0 Å². The van der Waals surface area contributed by atoms with Gasteiger partial charge in [0.2, 0.25) is 5.91 Å². The molecule has 1 amide bonds. The number of rotatable bonds is 6. The molecular formula is C21H22N4O2S. The summed E-state index contributed by atoms with van der Waals surface area (Å²) in [7, 11) is 0. The summed E-state index contributed by atoms with van der Waals surface area (Å²) in [6.07, 6.45) is 1.73. The smallest absolute Gasteiger partial charge is 0.291 e. The molecule has 1 aromatic carbocycles. The maximum Gasteiger partial charge on any atom is 0.291 e. The molecular weight excluding hydrogens is 372 g/mol. The first kappa shape index (κ1) is 18.4. The van der Waals surface area contributed by atoms with E-state index in [2.05, 4.69) is 22.5 Å². The third-order valence-electron chi connectivity index (χ3n) is 4.88. The molecule has 0 aliphatic carbocycles. The maximum atomic E-state index is 12.8. The lowest BCUT2D eigenvalue weighted by Crippen LogP contribution is -2.39. The fourth-order valence-electron chi connectivity index (χ4n) is 3.49. The van der Waals surface area contributed by atoms with Crippen molar-refractivity contribution in [2.45, 2.75) is 39.3 Å². The van der Waals surface area contributed by atoms with Crippen molar-refractivity contribution in [2.75, 3.05) is 0 Å². The zero-order valence-electron chi connectivity index (χ0n) is 15.9. The van der Waals surface area contributed by atoms with Gasteiger partial charge in [0.1, 0.15) is 17.9 Å². The lowest BCUT2D eigenvalue weighted by Gasteiger charge is -2.14. The first-order chi connectivity index (χ1) is 13.5. The van der Waals surface area contributed by atoms with Gasteiger partial charge in [-0.25, -0.2) is 4.68 Å². The molecule has 0 unspecified atom stereocenters. The zero-order valence-corrected chi connectivity index (χ0v) is 16.7. The van der Waals surface area contributed by atoms with Crippen LogP contribution >= 0.6 is 11.3 Å². The standard InChI is InChI=1S/C21H22N4O2S/c1-14(8-9-16-6-4-3-5-7-16)22-20(26)13-24-21(27)18-12-19-17(10-11-28-19)25(18)15(2)23-24/h3-7,10-12,14H,8-9,13H2,1-2H3,(H,22,26)/t14-/m0/s1. The third-order valence-corrected chi connectivity index (χ3v) is 5.73. The topological polar surface area (TPSA) is 68.4 Å². The summed E-state index contributed by atoms with van der Waals surface area (Å²) in [6.45, 7) is 3.75. The van der Waals surface area contributed by atoms with Crippen LogP contribution in [0.25, 0.3) is 15.7 Å². The van der Waals surface area contributed by atoms with Crippen molar-refractivity contribution < 1.29 is 4.79 Å². The van der Waals surface area contributed by atoms with Gasteiger partial charge in [0.15, 0.2) is 0 Å². The van der Waals surface area contributed by atoms with Gasteiger partial charge >= 0.3 is 0 Å². The van der Waals surface area contributed by atoms with Crippen LogP contribution in [-0.4, -0.2) is 26.1 Å². The number of thiophene rings is 1. The number of hydrogen-bond donors (Lipinski definition) is 1. The maximum absolute atomic E-state index is 12.8. The van der Waals surface area contributed by atoms with Gasteiger partial charge < -0.3 is 5.32 Å². The molecule has 144 valence electrons. The minimum Gasteiger partial charge on any atom is -0.352 e.